The molecule has 1 saturated heterocycles. The molecule has 0 aromatic heterocycles. The summed E-state index contributed by atoms with van der Waals surface area (Å²) in [6.45, 7) is 2.64. The minimum absolute atomic E-state index is 0.0485. The van der Waals surface area contributed by atoms with Gasteiger partial charge in [-0.25, -0.2) is 0 Å². The summed E-state index contributed by atoms with van der Waals surface area (Å²) >= 11 is 0. The van der Waals surface area contributed by atoms with Gasteiger partial charge in [0, 0.05) is 13.0 Å². The SMILES string of the molecule is CCCC1=NNC2C(=O)N(CC(=O)NCc3ccc(OC)cc3)C3CCCCC3N12. The van der Waals surface area contributed by atoms with Gasteiger partial charge in [0.1, 0.15) is 18.1 Å². The van der Waals surface area contributed by atoms with Crippen LogP contribution in [0, 0.1) is 0 Å². The second kappa shape index (κ2) is 8.93. The number of methoxy groups -OCH3 is 1. The van der Waals surface area contributed by atoms with E-state index < -0.39 is 6.17 Å². The second-order valence-electron chi connectivity index (χ2n) is 8.23. The fourth-order valence-corrected chi connectivity index (χ4v) is 4.82. The third-order valence-corrected chi connectivity index (χ3v) is 6.30. The average Bonchev–Trinajstić information content (AvgIpc) is 3.20. The first-order chi connectivity index (χ1) is 14.6. The number of hydrogen-bond acceptors (Lipinski definition) is 6. The Bertz CT molecular complexity index is 809. The summed E-state index contributed by atoms with van der Waals surface area (Å²) in [5, 5.41) is 7.40. The minimum Gasteiger partial charge on any atom is -0.497 e. The van der Waals surface area contributed by atoms with Gasteiger partial charge in [-0.2, -0.15) is 5.10 Å². The van der Waals surface area contributed by atoms with Crippen molar-refractivity contribution in [2.24, 2.45) is 5.10 Å². The number of nitrogens with one attached hydrogen (secondary N) is 2. The number of carbonyl (C=O) groups is 2. The van der Waals surface area contributed by atoms with E-state index >= 15 is 0 Å². The zero-order valence-corrected chi connectivity index (χ0v) is 17.8. The molecule has 1 aromatic carbocycles. The lowest BCUT2D eigenvalue weighted by molar-refractivity contribution is -0.152. The molecule has 4 rings (SSSR count). The van der Waals surface area contributed by atoms with Crippen molar-refractivity contribution in [1.82, 2.24) is 20.5 Å². The van der Waals surface area contributed by atoms with Crippen LogP contribution in [0.5, 0.6) is 5.75 Å². The first kappa shape index (κ1) is 20.5. The number of ether oxygens (including phenoxy) is 1. The van der Waals surface area contributed by atoms with E-state index in [1.165, 1.54) is 0 Å². The zero-order valence-electron chi connectivity index (χ0n) is 17.8. The number of amidine groups is 1. The van der Waals surface area contributed by atoms with Crippen molar-refractivity contribution in [3.63, 3.8) is 0 Å². The van der Waals surface area contributed by atoms with Crippen LogP contribution in [0.3, 0.4) is 0 Å². The van der Waals surface area contributed by atoms with Crippen LogP contribution in [-0.2, 0) is 16.1 Å². The van der Waals surface area contributed by atoms with Crippen molar-refractivity contribution in [3.8, 4) is 5.75 Å². The molecule has 30 heavy (non-hydrogen) atoms. The molecule has 2 fully saturated rings. The second-order valence-corrected chi connectivity index (χ2v) is 8.23. The summed E-state index contributed by atoms with van der Waals surface area (Å²) in [7, 11) is 1.63. The van der Waals surface area contributed by atoms with E-state index in [-0.39, 0.29) is 30.4 Å². The topological polar surface area (TPSA) is 86.3 Å². The number of carbonyl (C=O) groups excluding carboxylic acids is 2. The summed E-state index contributed by atoms with van der Waals surface area (Å²) < 4.78 is 5.16. The molecule has 1 aliphatic carbocycles. The molecule has 0 bridgehead atoms. The van der Waals surface area contributed by atoms with Crippen LogP contribution in [0.2, 0.25) is 0 Å². The van der Waals surface area contributed by atoms with Crippen LogP contribution < -0.4 is 15.5 Å². The predicted molar refractivity (Wildman–Crippen MR) is 114 cm³/mol. The standard InChI is InChI=1S/C22H31N5O3/c1-3-6-19-24-25-21-22(29)26(17-7-4-5-8-18(17)27(19)21)14-20(28)23-13-15-9-11-16(30-2)12-10-15/h9-12,17-18,21,25H,3-8,13-14H2,1-2H3,(H,23,28). The smallest absolute Gasteiger partial charge is 0.268 e. The van der Waals surface area contributed by atoms with Gasteiger partial charge in [0.05, 0.1) is 19.2 Å². The quantitative estimate of drug-likeness (QED) is 0.712. The van der Waals surface area contributed by atoms with E-state index in [2.05, 4.69) is 27.7 Å². The highest BCUT2D eigenvalue weighted by Gasteiger charge is 2.50. The molecule has 3 unspecified atom stereocenters. The molecule has 0 radical (unpaired) electrons. The fourth-order valence-electron chi connectivity index (χ4n) is 4.82. The van der Waals surface area contributed by atoms with Gasteiger partial charge in [-0.05, 0) is 37.0 Å². The molecule has 2 heterocycles. The normalized spacial score (nSPS) is 25.2. The van der Waals surface area contributed by atoms with Crippen LogP contribution in [0.25, 0.3) is 0 Å². The highest BCUT2D eigenvalue weighted by Crippen LogP contribution is 2.35. The third-order valence-electron chi connectivity index (χ3n) is 6.30. The van der Waals surface area contributed by atoms with Gasteiger partial charge in [-0.3, -0.25) is 15.0 Å². The number of rotatable bonds is 7. The Morgan fingerprint density at radius 1 is 1.23 bits per heavy atom. The maximum absolute atomic E-state index is 13.2. The van der Waals surface area contributed by atoms with Crippen molar-refractivity contribution >= 4 is 17.6 Å². The van der Waals surface area contributed by atoms with Gasteiger partial charge < -0.3 is 19.9 Å². The molecular weight excluding hydrogens is 382 g/mol. The predicted octanol–water partition coefficient (Wildman–Crippen LogP) is 1.81. The van der Waals surface area contributed by atoms with Gasteiger partial charge in [-0.15, -0.1) is 0 Å². The lowest BCUT2D eigenvalue weighted by Gasteiger charge is -2.51. The number of nitrogens with zero attached hydrogens (tertiary/aromatic N) is 3. The highest BCUT2D eigenvalue weighted by atomic mass is 16.5. The van der Waals surface area contributed by atoms with E-state index in [0.29, 0.717) is 6.54 Å². The molecule has 1 saturated carbocycles. The van der Waals surface area contributed by atoms with E-state index in [9.17, 15) is 9.59 Å². The molecule has 8 nitrogen and oxygen atoms in total. The lowest BCUT2D eigenvalue weighted by atomic mass is 9.85. The first-order valence-corrected chi connectivity index (χ1v) is 10.9. The molecule has 2 amide bonds. The van der Waals surface area contributed by atoms with Crippen LogP contribution in [-0.4, -0.2) is 59.4 Å². The Morgan fingerprint density at radius 3 is 2.67 bits per heavy atom. The van der Waals surface area contributed by atoms with E-state index in [1.54, 1.807) is 12.0 Å². The summed E-state index contributed by atoms with van der Waals surface area (Å²) in [6, 6.07) is 7.89. The van der Waals surface area contributed by atoms with Crippen molar-refractivity contribution in [1.29, 1.82) is 0 Å². The number of fused-ring (bicyclic) bond motifs is 3. The molecule has 2 aliphatic heterocycles. The van der Waals surface area contributed by atoms with Crippen molar-refractivity contribution in [3.05, 3.63) is 29.8 Å². The Balaban J connectivity index is 1.42. The van der Waals surface area contributed by atoms with Crippen molar-refractivity contribution in [2.75, 3.05) is 13.7 Å². The zero-order chi connectivity index (χ0) is 21.1. The van der Waals surface area contributed by atoms with Gasteiger partial charge in [-0.1, -0.05) is 31.9 Å². The molecule has 3 atom stereocenters. The molecule has 0 spiro atoms. The average molecular weight is 414 g/mol. The number of benzene rings is 1. The monoisotopic (exact) mass is 413 g/mol. The van der Waals surface area contributed by atoms with Crippen LogP contribution in [0.4, 0.5) is 0 Å². The minimum atomic E-state index is -0.472. The molecular formula is C22H31N5O3. The van der Waals surface area contributed by atoms with Crippen LogP contribution in [0.15, 0.2) is 29.4 Å². The Morgan fingerprint density at radius 2 is 1.97 bits per heavy atom. The number of hydrazone groups is 1. The maximum atomic E-state index is 13.2. The molecule has 8 heteroatoms. The summed E-state index contributed by atoms with van der Waals surface area (Å²) in [4.78, 5) is 29.9. The Labute approximate surface area is 177 Å². The molecule has 3 aliphatic rings. The number of hydrogen-bond donors (Lipinski definition) is 2. The van der Waals surface area contributed by atoms with Gasteiger partial charge in [0.2, 0.25) is 5.91 Å². The van der Waals surface area contributed by atoms with E-state index in [0.717, 1.165) is 55.7 Å². The summed E-state index contributed by atoms with van der Waals surface area (Å²) in [6.07, 6.45) is 5.59. The lowest BCUT2D eigenvalue weighted by Crippen LogP contribution is -2.70. The number of piperazine rings is 1. The molecule has 162 valence electrons. The maximum Gasteiger partial charge on any atom is 0.268 e. The number of amides is 2. The third kappa shape index (κ3) is 3.95. The van der Waals surface area contributed by atoms with Crippen LogP contribution in [0.1, 0.15) is 51.0 Å². The van der Waals surface area contributed by atoms with Gasteiger partial charge >= 0.3 is 0 Å². The van der Waals surface area contributed by atoms with Gasteiger partial charge in [0.25, 0.3) is 5.91 Å². The first-order valence-electron chi connectivity index (χ1n) is 10.9. The summed E-state index contributed by atoms with van der Waals surface area (Å²) in [5.74, 6) is 1.58. The fraction of sp³-hybridized carbons (Fsp3) is 0.591. The van der Waals surface area contributed by atoms with Crippen LogP contribution >= 0.6 is 0 Å². The highest BCUT2D eigenvalue weighted by molar-refractivity contribution is 5.95. The Kier molecular flexibility index (Phi) is 6.11. The van der Waals surface area contributed by atoms with Crippen molar-refractivity contribution < 1.29 is 14.3 Å². The van der Waals surface area contributed by atoms with Crippen molar-refractivity contribution in [2.45, 2.75) is 70.2 Å². The Hall–Kier alpha value is -2.77. The molecule has 1 aromatic rings. The largest absolute Gasteiger partial charge is 0.497 e. The van der Waals surface area contributed by atoms with E-state index in [4.69, 9.17) is 4.74 Å². The summed E-state index contributed by atoms with van der Waals surface area (Å²) in [5.41, 5.74) is 4.02. The van der Waals surface area contributed by atoms with E-state index in [1.807, 2.05) is 24.3 Å². The van der Waals surface area contributed by atoms with Gasteiger partial charge in [0.15, 0.2) is 6.17 Å². The molecule has 2 N–H and O–H groups in total.